The molecule has 3 amide bonds. The van der Waals surface area contributed by atoms with E-state index in [0.717, 1.165) is 30.8 Å². The van der Waals surface area contributed by atoms with Crippen LogP contribution < -0.4 is 10.6 Å². The number of carbonyl (C=O) groups is 2. The minimum Gasteiger partial charge on any atom is -0.322 e. The average Bonchev–Trinajstić information content (AvgIpc) is 2.76. The standard InChI is InChI=1S/C16H20FN3O2/c1-20-14(21)16(19-15(20)22,12-6-8-18-9-7-12)10-11-4-2-3-5-13(11)17/h2-5,12,18H,6-10H2,1H3,(H,19,22). The van der Waals surface area contributed by atoms with Crippen molar-refractivity contribution in [2.45, 2.75) is 24.8 Å². The smallest absolute Gasteiger partial charge is 0.322 e. The van der Waals surface area contributed by atoms with Crippen molar-refractivity contribution in [1.29, 1.82) is 0 Å². The maximum Gasteiger partial charge on any atom is 0.324 e. The summed E-state index contributed by atoms with van der Waals surface area (Å²) in [5.41, 5.74) is -0.569. The highest BCUT2D eigenvalue weighted by Gasteiger charge is 2.54. The third-order valence-corrected chi connectivity index (χ3v) is 4.78. The summed E-state index contributed by atoms with van der Waals surface area (Å²) in [6.07, 6.45) is 1.77. The number of hydrogen-bond acceptors (Lipinski definition) is 3. The molecule has 1 atom stereocenters. The highest BCUT2D eigenvalue weighted by Crippen LogP contribution is 2.35. The highest BCUT2D eigenvalue weighted by molar-refractivity contribution is 6.07. The van der Waals surface area contributed by atoms with Gasteiger partial charge in [0, 0.05) is 13.5 Å². The first-order chi connectivity index (χ1) is 10.5. The lowest BCUT2D eigenvalue weighted by Gasteiger charge is -2.37. The molecule has 5 nitrogen and oxygen atoms in total. The molecule has 6 heteroatoms. The Morgan fingerprint density at radius 2 is 1.95 bits per heavy atom. The van der Waals surface area contributed by atoms with Gasteiger partial charge in [0.15, 0.2) is 0 Å². The van der Waals surface area contributed by atoms with Crippen molar-refractivity contribution >= 4 is 11.9 Å². The Kier molecular flexibility index (Phi) is 3.87. The number of halogens is 1. The van der Waals surface area contributed by atoms with Gasteiger partial charge in [-0.25, -0.2) is 9.18 Å². The van der Waals surface area contributed by atoms with Crippen molar-refractivity contribution in [1.82, 2.24) is 15.5 Å². The monoisotopic (exact) mass is 305 g/mol. The van der Waals surface area contributed by atoms with E-state index in [9.17, 15) is 14.0 Å². The normalized spacial score (nSPS) is 26.4. The van der Waals surface area contributed by atoms with Gasteiger partial charge in [0.2, 0.25) is 0 Å². The molecule has 1 aromatic carbocycles. The molecule has 1 aromatic rings. The van der Waals surface area contributed by atoms with E-state index in [1.165, 1.54) is 13.1 Å². The quantitative estimate of drug-likeness (QED) is 0.827. The van der Waals surface area contributed by atoms with Crippen LogP contribution in [0.4, 0.5) is 9.18 Å². The molecule has 2 fully saturated rings. The molecule has 1 unspecified atom stereocenters. The maximum atomic E-state index is 14.1. The van der Waals surface area contributed by atoms with Gasteiger partial charge in [0.05, 0.1) is 0 Å². The lowest BCUT2D eigenvalue weighted by atomic mass is 9.74. The van der Waals surface area contributed by atoms with Crippen molar-refractivity contribution in [2.24, 2.45) is 5.92 Å². The van der Waals surface area contributed by atoms with Crippen LogP contribution in [0, 0.1) is 11.7 Å². The Balaban J connectivity index is 1.98. The molecular weight excluding hydrogens is 285 g/mol. The Bertz CT molecular complexity index is 601. The summed E-state index contributed by atoms with van der Waals surface area (Å²) in [7, 11) is 1.47. The molecule has 0 spiro atoms. The van der Waals surface area contributed by atoms with Gasteiger partial charge in [-0.15, -0.1) is 0 Å². The molecule has 0 bridgehead atoms. The van der Waals surface area contributed by atoms with Gasteiger partial charge in [-0.3, -0.25) is 9.69 Å². The van der Waals surface area contributed by atoms with Crippen LogP contribution in [0.3, 0.4) is 0 Å². The molecule has 0 saturated carbocycles. The van der Waals surface area contributed by atoms with Gasteiger partial charge in [-0.05, 0) is 43.5 Å². The van der Waals surface area contributed by atoms with Crippen molar-refractivity contribution in [2.75, 3.05) is 20.1 Å². The van der Waals surface area contributed by atoms with Gasteiger partial charge in [-0.2, -0.15) is 0 Å². The third-order valence-electron chi connectivity index (χ3n) is 4.78. The molecule has 0 aromatic heterocycles. The third kappa shape index (κ3) is 2.37. The lowest BCUT2D eigenvalue weighted by molar-refractivity contribution is -0.132. The van der Waals surface area contributed by atoms with Crippen molar-refractivity contribution in [3.63, 3.8) is 0 Å². The van der Waals surface area contributed by atoms with Crippen molar-refractivity contribution in [3.8, 4) is 0 Å². The van der Waals surface area contributed by atoms with E-state index in [-0.39, 0.29) is 24.1 Å². The summed E-state index contributed by atoms with van der Waals surface area (Å²) in [6, 6.07) is 6.03. The second kappa shape index (κ2) is 5.68. The number of benzene rings is 1. The Labute approximate surface area is 128 Å². The second-order valence-electron chi connectivity index (χ2n) is 6.06. The van der Waals surface area contributed by atoms with E-state index in [4.69, 9.17) is 0 Å². The van der Waals surface area contributed by atoms with E-state index < -0.39 is 11.6 Å². The average molecular weight is 305 g/mol. The number of piperidine rings is 1. The zero-order valence-electron chi connectivity index (χ0n) is 12.6. The van der Waals surface area contributed by atoms with E-state index in [2.05, 4.69) is 10.6 Å². The largest absolute Gasteiger partial charge is 0.324 e. The molecule has 2 saturated heterocycles. The number of urea groups is 1. The van der Waals surface area contributed by atoms with Crippen LogP contribution in [0.25, 0.3) is 0 Å². The first kappa shape index (κ1) is 15.0. The summed E-state index contributed by atoms with van der Waals surface area (Å²) in [6.45, 7) is 1.60. The Hall–Kier alpha value is -1.95. The van der Waals surface area contributed by atoms with Gasteiger partial charge < -0.3 is 10.6 Å². The van der Waals surface area contributed by atoms with Crippen LogP contribution in [0.2, 0.25) is 0 Å². The number of carbonyl (C=O) groups excluding carboxylic acids is 2. The molecular formula is C16H20FN3O2. The number of hydrogen-bond donors (Lipinski definition) is 2. The van der Waals surface area contributed by atoms with Crippen molar-refractivity contribution < 1.29 is 14.0 Å². The predicted molar refractivity (Wildman–Crippen MR) is 79.7 cm³/mol. The number of nitrogens with zero attached hydrogens (tertiary/aromatic N) is 1. The molecule has 2 aliphatic rings. The Morgan fingerprint density at radius 3 is 2.55 bits per heavy atom. The first-order valence-electron chi connectivity index (χ1n) is 7.59. The van der Waals surface area contributed by atoms with Gasteiger partial charge >= 0.3 is 6.03 Å². The number of nitrogens with one attached hydrogen (secondary N) is 2. The van der Waals surface area contributed by atoms with Gasteiger partial charge in [0.25, 0.3) is 5.91 Å². The number of rotatable bonds is 3. The summed E-state index contributed by atoms with van der Waals surface area (Å²) < 4.78 is 14.1. The van der Waals surface area contributed by atoms with Gasteiger partial charge in [-0.1, -0.05) is 18.2 Å². The summed E-state index contributed by atoms with van der Waals surface area (Å²) in [5, 5.41) is 6.11. The predicted octanol–water partition coefficient (Wildman–Crippen LogP) is 1.29. The van der Waals surface area contributed by atoms with E-state index >= 15 is 0 Å². The number of imide groups is 1. The minimum atomic E-state index is -1.03. The second-order valence-corrected chi connectivity index (χ2v) is 6.06. The summed E-state index contributed by atoms with van der Waals surface area (Å²) in [4.78, 5) is 25.9. The fraction of sp³-hybridized carbons (Fsp3) is 0.500. The molecule has 118 valence electrons. The van der Waals surface area contributed by atoms with Crippen LogP contribution in [0.15, 0.2) is 24.3 Å². The topological polar surface area (TPSA) is 61.4 Å². The number of likely N-dealkylation sites (N-methyl/N-ethyl adjacent to an activating group) is 1. The molecule has 0 radical (unpaired) electrons. The van der Waals surface area contributed by atoms with E-state index in [0.29, 0.717) is 5.56 Å². The molecule has 0 aliphatic carbocycles. The minimum absolute atomic E-state index is 0.00903. The first-order valence-corrected chi connectivity index (χ1v) is 7.59. The summed E-state index contributed by atoms with van der Waals surface area (Å²) >= 11 is 0. The maximum absolute atomic E-state index is 14.1. The SMILES string of the molecule is CN1C(=O)NC(Cc2ccccc2F)(C2CCNCC2)C1=O. The molecule has 2 aliphatic heterocycles. The highest BCUT2D eigenvalue weighted by atomic mass is 19.1. The fourth-order valence-corrected chi connectivity index (χ4v) is 3.52. The van der Waals surface area contributed by atoms with E-state index in [1.54, 1.807) is 18.2 Å². The molecule has 22 heavy (non-hydrogen) atoms. The molecule has 3 rings (SSSR count). The van der Waals surface area contributed by atoms with Crippen LogP contribution in [0.1, 0.15) is 18.4 Å². The number of amides is 3. The lowest BCUT2D eigenvalue weighted by Crippen LogP contribution is -2.57. The Morgan fingerprint density at radius 1 is 1.27 bits per heavy atom. The fourth-order valence-electron chi connectivity index (χ4n) is 3.52. The summed E-state index contributed by atoms with van der Waals surface area (Å²) in [5.74, 6) is -0.588. The zero-order valence-corrected chi connectivity index (χ0v) is 12.6. The van der Waals surface area contributed by atoms with Crippen molar-refractivity contribution in [3.05, 3.63) is 35.6 Å². The van der Waals surface area contributed by atoms with Crippen LogP contribution in [0.5, 0.6) is 0 Å². The zero-order chi connectivity index (χ0) is 15.7. The van der Waals surface area contributed by atoms with Crippen LogP contribution >= 0.6 is 0 Å². The van der Waals surface area contributed by atoms with Crippen LogP contribution in [-0.2, 0) is 11.2 Å². The van der Waals surface area contributed by atoms with Gasteiger partial charge in [0.1, 0.15) is 11.4 Å². The van der Waals surface area contributed by atoms with E-state index in [1.807, 2.05) is 0 Å². The molecule has 2 heterocycles. The molecule has 2 N–H and O–H groups in total. The van der Waals surface area contributed by atoms with Crippen LogP contribution in [-0.4, -0.2) is 42.5 Å².